The second-order valence-corrected chi connectivity index (χ2v) is 7.19. The molecular weight excluding hydrogens is 310 g/mol. The monoisotopic (exact) mass is 325 g/mol. The summed E-state index contributed by atoms with van der Waals surface area (Å²) in [5, 5.41) is 0.336. The van der Waals surface area contributed by atoms with Crippen LogP contribution in [0.5, 0.6) is 0 Å². The summed E-state index contributed by atoms with van der Waals surface area (Å²) in [7, 11) is -2.15. The highest BCUT2D eigenvalue weighted by molar-refractivity contribution is 7.89. The van der Waals surface area contributed by atoms with Gasteiger partial charge in [0.05, 0.1) is 4.90 Å². The first-order valence-electron chi connectivity index (χ1n) is 6.23. The molecule has 0 radical (unpaired) electrons. The topological polar surface area (TPSA) is 76.3 Å². The Hall–Kier alpha value is -1.63. The van der Waals surface area contributed by atoms with Crippen molar-refractivity contribution in [2.75, 3.05) is 12.8 Å². The van der Waals surface area contributed by atoms with E-state index in [1.54, 1.807) is 25.4 Å². The molecule has 0 saturated heterocycles. The third-order valence-electron chi connectivity index (χ3n) is 3.19. The van der Waals surface area contributed by atoms with Crippen LogP contribution in [0.3, 0.4) is 0 Å². The number of nitrogens with two attached hydrogens (primary N) is 1. The Morgan fingerprint density at radius 1 is 1.38 bits per heavy atom. The van der Waals surface area contributed by atoms with Gasteiger partial charge in [-0.2, -0.15) is 4.31 Å². The van der Waals surface area contributed by atoms with E-state index in [-0.39, 0.29) is 11.4 Å². The maximum absolute atomic E-state index is 12.5. The number of hydrogen-bond donors (Lipinski definition) is 1. The van der Waals surface area contributed by atoms with Gasteiger partial charge in [0.15, 0.2) is 0 Å². The average Bonchev–Trinajstić information content (AvgIpc) is 2.45. The van der Waals surface area contributed by atoms with Gasteiger partial charge >= 0.3 is 0 Å². The first-order valence-corrected chi connectivity index (χ1v) is 8.05. The van der Waals surface area contributed by atoms with E-state index >= 15 is 0 Å². The van der Waals surface area contributed by atoms with Crippen LogP contribution in [0.1, 0.15) is 11.1 Å². The summed E-state index contributed by atoms with van der Waals surface area (Å²) in [6, 6.07) is 6.42. The van der Waals surface area contributed by atoms with Gasteiger partial charge in [-0.15, -0.1) is 0 Å². The molecule has 0 unspecified atom stereocenters. The van der Waals surface area contributed by atoms with Crippen LogP contribution in [-0.4, -0.2) is 24.8 Å². The summed E-state index contributed by atoms with van der Waals surface area (Å²) in [4.78, 5) is 4.05. The van der Waals surface area contributed by atoms with Gasteiger partial charge in [0, 0.05) is 36.7 Å². The summed E-state index contributed by atoms with van der Waals surface area (Å²) in [5.41, 5.74) is 7.62. The fourth-order valence-electron chi connectivity index (χ4n) is 1.84. The predicted octanol–water partition coefficient (Wildman–Crippen LogP) is 2.45. The number of halogens is 1. The Morgan fingerprint density at radius 2 is 2.10 bits per heavy atom. The molecule has 21 heavy (non-hydrogen) atoms. The number of aromatic nitrogens is 1. The Morgan fingerprint density at radius 3 is 2.67 bits per heavy atom. The summed E-state index contributed by atoms with van der Waals surface area (Å²) in [5.74, 6) is 0. The zero-order chi connectivity index (χ0) is 15.6. The third kappa shape index (κ3) is 3.34. The van der Waals surface area contributed by atoms with Crippen LogP contribution >= 0.6 is 11.6 Å². The lowest BCUT2D eigenvalue weighted by Gasteiger charge is -2.18. The number of nitrogen functional groups attached to an aromatic ring is 1. The van der Waals surface area contributed by atoms with E-state index in [1.165, 1.54) is 23.5 Å². The molecule has 0 fully saturated rings. The molecule has 2 aromatic rings. The Balaban J connectivity index is 2.33. The summed E-state index contributed by atoms with van der Waals surface area (Å²) in [6.45, 7) is 1.97. The minimum absolute atomic E-state index is 0.0852. The van der Waals surface area contributed by atoms with E-state index in [1.807, 2.05) is 6.07 Å². The fourth-order valence-corrected chi connectivity index (χ4v) is 3.35. The lowest BCUT2D eigenvalue weighted by molar-refractivity contribution is 0.466. The minimum atomic E-state index is -3.66. The second-order valence-electron chi connectivity index (χ2n) is 4.74. The van der Waals surface area contributed by atoms with E-state index < -0.39 is 10.0 Å². The van der Waals surface area contributed by atoms with Gasteiger partial charge in [0.1, 0.15) is 0 Å². The average molecular weight is 326 g/mol. The number of hydrogen-bond acceptors (Lipinski definition) is 4. The zero-order valence-electron chi connectivity index (χ0n) is 11.7. The number of pyridine rings is 1. The molecule has 1 heterocycles. The highest BCUT2D eigenvalue weighted by Gasteiger charge is 2.22. The lowest BCUT2D eigenvalue weighted by Crippen LogP contribution is -2.26. The summed E-state index contributed by atoms with van der Waals surface area (Å²) >= 11 is 6.02. The molecule has 7 heteroatoms. The summed E-state index contributed by atoms with van der Waals surface area (Å²) in [6.07, 6.45) is 3.26. The van der Waals surface area contributed by atoms with E-state index in [0.717, 1.165) is 5.56 Å². The van der Waals surface area contributed by atoms with Crippen molar-refractivity contribution in [1.29, 1.82) is 0 Å². The number of anilines is 1. The molecule has 0 bridgehead atoms. The van der Waals surface area contributed by atoms with Gasteiger partial charge in [0.2, 0.25) is 10.0 Å². The van der Waals surface area contributed by atoms with Gasteiger partial charge < -0.3 is 5.73 Å². The van der Waals surface area contributed by atoms with Crippen LogP contribution in [0.4, 0.5) is 5.69 Å². The van der Waals surface area contributed by atoms with E-state index in [2.05, 4.69) is 4.98 Å². The van der Waals surface area contributed by atoms with Crippen LogP contribution in [-0.2, 0) is 16.6 Å². The first-order chi connectivity index (χ1) is 9.82. The molecule has 0 aliphatic carbocycles. The van der Waals surface area contributed by atoms with Crippen LogP contribution in [0.25, 0.3) is 0 Å². The SMILES string of the molecule is Cc1c(N)cc(S(=O)(=O)N(C)Cc2cccnc2)cc1Cl. The van der Waals surface area contributed by atoms with E-state index in [4.69, 9.17) is 17.3 Å². The fraction of sp³-hybridized carbons (Fsp3) is 0.214. The molecule has 112 valence electrons. The molecule has 0 amide bonds. The Labute approximate surface area is 129 Å². The smallest absolute Gasteiger partial charge is 0.243 e. The minimum Gasteiger partial charge on any atom is -0.398 e. The van der Waals surface area contributed by atoms with Crippen LogP contribution in [0.15, 0.2) is 41.6 Å². The van der Waals surface area contributed by atoms with Gasteiger partial charge in [-0.3, -0.25) is 4.98 Å². The van der Waals surface area contributed by atoms with Crippen LogP contribution < -0.4 is 5.73 Å². The summed E-state index contributed by atoms with van der Waals surface area (Å²) < 4.78 is 26.3. The standard InChI is InChI=1S/C14H16ClN3O2S/c1-10-13(15)6-12(7-14(10)16)21(19,20)18(2)9-11-4-3-5-17-8-11/h3-8H,9,16H2,1-2H3. The van der Waals surface area contributed by atoms with Crippen molar-refractivity contribution in [1.82, 2.24) is 9.29 Å². The second kappa shape index (κ2) is 6.01. The highest BCUT2D eigenvalue weighted by Crippen LogP contribution is 2.27. The van der Waals surface area contributed by atoms with Crippen molar-refractivity contribution >= 4 is 27.3 Å². The van der Waals surface area contributed by atoms with Gasteiger partial charge in [-0.1, -0.05) is 17.7 Å². The molecule has 5 nitrogen and oxygen atoms in total. The van der Waals surface area contributed by atoms with Gasteiger partial charge in [-0.05, 0) is 36.2 Å². The number of rotatable bonds is 4. The molecule has 0 aliphatic rings. The molecule has 1 aromatic carbocycles. The maximum atomic E-state index is 12.5. The van der Waals surface area contributed by atoms with Crippen molar-refractivity contribution in [2.45, 2.75) is 18.4 Å². The normalized spacial score (nSPS) is 11.8. The van der Waals surface area contributed by atoms with Crippen molar-refractivity contribution in [3.63, 3.8) is 0 Å². The quantitative estimate of drug-likeness (QED) is 0.876. The Kier molecular flexibility index (Phi) is 4.51. The molecule has 2 rings (SSSR count). The number of nitrogens with zero attached hydrogens (tertiary/aromatic N) is 2. The van der Waals surface area contributed by atoms with E-state index in [9.17, 15) is 8.42 Å². The largest absolute Gasteiger partial charge is 0.398 e. The lowest BCUT2D eigenvalue weighted by atomic mass is 10.2. The van der Waals surface area contributed by atoms with Crippen molar-refractivity contribution in [3.8, 4) is 0 Å². The number of sulfonamides is 1. The van der Waals surface area contributed by atoms with Crippen molar-refractivity contribution < 1.29 is 8.42 Å². The molecule has 0 atom stereocenters. The van der Waals surface area contributed by atoms with Gasteiger partial charge in [0.25, 0.3) is 0 Å². The maximum Gasteiger partial charge on any atom is 0.243 e. The molecular formula is C14H16ClN3O2S. The van der Waals surface area contributed by atoms with Crippen molar-refractivity contribution in [3.05, 3.63) is 52.8 Å². The predicted molar refractivity (Wildman–Crippen MR) is 83.5 cm³/mol. The van der Waals surface area contributed by atoms with Crippen molar-refractivity contribution in [2.24, 2.45) is 0 Å². The van der Waals surface area contributed by atoms with E-state index in [0.29, 0.717) is 16.3 Å². The molecule has 0 spiro atoms. The molecule has 0 saturated carbocycles. The van der Waals surface area contributed by atoms with Crippen LogP contribution in [0.2, 0.25) is 5.02 Å². The molecule has 2 N–H and O–H groups in total. The zero-order valence-corrected chi connectivity index (χ0v) is 13.3. The first kappa shape index (κ1) is 15.8. The number of benzene rings is 1. The van der Waals surface area contributed by atoms with Crippen LogP contribution in [0, 0.1) is 6.92 Å². The third-order valence-corrected chi connectivity index (χ3v) is 5.37. The highest BCUT2D eigenvalue weighted by atomic mass is 35.5. The Bertz CT molecular complexity index is 725. The van der Waals surface area contributed by atoms with Gasteiger partial charge in [-0.25, -0.2) is 8.42 Å². The molecule has 1 aromatic heterocycles. The molecule has 0 aliphatic heterocycles.